The molecule has 2 amide bonds. The van der Waals surface area contributed by atoms with Crippen LogP contribution in [0, 0.1) is 0 Å². The Balaban J connectivity index is 1.67. The second-order valence-corrected chi connectivity index (χ2v) is 10.3. The molecule has 0 radical (unpaired) electrons. The van der Waals surface area contributed by atoms with Gasteiger partial charge in [0.2, 0.25) is 23.6 Å². The van der Waals surface area contributed by atoms with E-state index in [4.69, 9.17) is 10.5 Å². The van der Waals surface area contributed by atoms with Crippen LogP contribution >= 0.6 is 0 Å². The predicted octanol–water partition coefficient (Wildman–Crippen LogP) is 3.18. The number of rotatable bonds is 9. The molecule has 0 saturated carbocycles. The maximum atomic E-state index is 13.0. The van der Waals surface area contributed by atoms with Gasteiger partial charge in [-0.1, -0.05) is 44.2 Å². The van der Waals surface area contributed by atoms with E-state index in [-0.39, 0.29) is 60.4 Å². The highest BCUT2D eigenvalue weighted by atomic mass is 32.2. The minimum absolute atomic E-state index is 0.00116. The molecule has 0 bridgehead atoms. The molecule has 0 spiro atoms. The van der Waals surface area contributed by atoms with Gasteiger partial charge in [0.1, 0.15) is 6.61 Å². The summed E-state index contributed by atoms with van der Waals surface area (Å²) in [7, 11) is -4.03. The molecule has 1 aliphatic rings. The SMILES string of the molecule is CC(C)c1ccccc1-c1cc(OCCN2C(=O)CCC2=O)nc(NS(=O)(=O)c2cccc(N)c2)n1. The Morgan fingerprint density at radius 1 is 1.03 bits per heavy atom. The molecule has 10 nitrogen and oxygen atoms in total. The van der Waals surface area contributed by atoms with Crippen molar-refractivity contribution in [1.82, 2.24) is 14.9 Å². The van der Waals surface area contributed by atoms with Gasteiger partial charge < -0.3 is 10.5 Å². The Labute approximate surface area is 209 Å². The third-order valence-corrected chi connectivity index (χ3v) is 7.00. The smallest absolute Gasteiger partial charge is 0.264 e. The summed E-state index contributed by atoms with van der Waals surface area (Å²) < 4.78 is 34.1. The van der Waals surface area contributed by atoms with Crippen molar-refractivity contribution in [3.05, 3.63) is 60.2 Å². The van der Waals surface area contributed by atoms with E-state index in [9.17, 15) is 18.0 Å². The number of carbonyl (C=O) groups is 2. The number of sulfonamides is 1. The molecule has 11 heteroatoms. The average molecular weight is 510 g/mol. The van der Waals surface area contributed by atoms with Crippen molar-refractivity contribution in [2.75, 3.05) is 23.6 Å². The van der Waals surface area contributed by atoms with Gasteiger partial charge in [0.15, 0.2) is 0 Å². The normalized spacial score (nSPS) is 13.9. The van der Waals surface area contributed by atoms with Crippen molar-refractivity contribution in [3.8, 4) is 17.1 Å². The summed E-state index contributed by atoms with van der Waals surface area (Å²) in [6.45, 7) is 4.17. The quantitative estimate of drug-likeness (QED) is 0.330. The fraction of sp³-hybridized carbons (Fsp3) is 0.280. The number of carbonyl (C=O) groups excluding carboxylic acids is 2. The molecule has 188 valence electrons. The van der Waals surface area contributed by atoms with E-state index in [1.54, 1.807) is 12.1 Å². The lowest BCUT2D eigenvalue weighted by Crippen LogP contribution is -2.33. The number of likely N-dealkylation sites (tertiary alicyclic amines) is 1. The van der Waals surface area contributed by atoms with Crippen molar-refractivity contribution >= 4 is 33.5 Å². The van der Waals surface area contributed by atoms with Crippen molar-refractivity contribution in [3.63, 3.8) is 0 Å². The van der Waals surface area contributed by atoms with Crippen LogP contribution < -0.4 is 15.2 Å². The van der Waals surface area contributed by atoms with E-state index in [1.165, 1.54) is 18.2 Å². The molecule has 2 aromatic carbocycles. The predicted molar refractivity (Wildman–Crippen MR) is 135 cm³/mol. The van der Waals surface area contributed by atoms with Gasteiger partial charge in [0.05, 0.1) is 17.1 Å². The number of hydrogen-bond donors (Lipinski definition) is 2. The monoisotopic (exact) mass is 509 g/mol. The zero-order chi connectivity index (χ0) is 25.9. The van der Waals surface area contributed by atoms with Gasteiger partial charge in [-0.3, -0.25) is 14.5 Å². The molecule has 2 heterocycles. The van der Waals surface area contributed by atoms with Crippen LogP contribution in [0.15, 0.2) is 59.5 Å². The van der Waals surface area contributed by atoms with Crippen LogP contribution in [0.1, 0.15) is 38.2 Å². The van der Waals surface area contributed by atoms with Crippen LogP contribution in [0.4, 0.5) is 11.6 Å². The van der Waals surface area contributed by atoms with E-state index < -0.39 is 10.0 Å². The van der Waals surface area contributed by atoms with Crippen molar-refractivity contribution in [2.45, 2.75) is 37.5 Å². The van der Waals surface area contributed by atoms with Gasteiger partial charge in [0.25, 0.3) is 10.0 Å². The maximum Gasteiger partial charge on any atom is 0.264 e. The van der Waals surface area contributed by atoms with E-state index >= 15 is 0 Å². The largest absolute Gasteiger partial charge is 0.476 e. The van der Waals surface area contributed by atoms with E-state index in [0.29, 0.717) is 11.4 Å². The number of nitrogen functional groups attached to an aromatic ring is 1. The minimum atomic E-state index is -4.03. The first-order valence-corrected chi connectivity index (χ1v) is 12.9. The molecule has 0 unspecified atom stereocenters. The summed E-state index contributed by atoms with van der Waals surface area (Å²) in [5.74, 6) is -0.387. The highest BCUT2D eigenvalue weighted by molar-refractivity contribution is 7.92. The number of nitrogens with two attached hydrogens (primary N) is 1. The molecule has 1 aliphatic heterocycles. The Morgan fingerprint density at radius 3 is 2.44 bits per heavy atom. The van der Waals surface area contributed by atoms with Gasteiger partial charge in [-0.25, -0.2) is 18.1 Å². The second-order valence-electron chi connectivity index (χ2n) is 8.62. The summed E-state index contributed by atoms with van der Waals surface area (Å²) >= 11 is 0. The standard InChI is InChI=1S/C25H27N5O5S/c1-16(2)19-8-3-4-9-20(19)21-15-22(35-13-12-30-23(31)10-11-24(30)32)28-25(27-21)29-36(33,34)18-7-5-6-17(26)14-18/h3-9,14-16H,10-13,26H2,1-2H3,(H,27,28,29). The Hall–Kier alpha value is -3.99. The molecule has 1 aromatic heterocycles. The maximum absolute atomic E-state index is 13.0. The van der Waals surface area contributed by atoms with Gasteiger partial charge in [0, 0.05) is 30.2 Å². The number of nitrogens with one attached hydrogen (secondary N) is 1. The molecule has 1 saturated heterocycles. The van der Waals surface area contributed by atoms with E-state index in [0.717, 1.165) is 16.0 Å². The number of ether oxygens (including phenoxy) is 1. The Bertz CT molecular complexity index is 1390. The van der Waals surface area contributed by atoms with Crippen molar-refractivity contribution < 1.29 is 22.7 Å². The minimum Gasteiger partial charge on any atom is -0.476 e. The number of nitrogens with zero attached hydrogens (tertiary/aromatic N) is 3. The molecule has 4 rings (SSSR count). The van der Waals surface area contributed by atoms with Gasteiger partial charge >= 0.3 is 0 Å². The third-order valence-electron chi connectivity index (χ3n) is 5.68. The second kappa shape index (κ2) is 10.3. The first kappa shape index (κ1) is 25.1. The third kappa shape index (κ3) is 5.62. The van der Waals surface area contributed by atoms with Crippen LogP contribution in [-0.2, 0) is 19.6 Å². The van der Waals surface area contributed by atoms with Crippen LogP contribution in [0.25, 0.3) is 11.3 Å². The summed E-state index contributed by atoms with van der Waals surface area (Å²) in [6.07, 6.45) is 0.386. The first-order chi connectivity index (χ1) is 17.1. The van der Waals surface area contributed by atoms with E-state index in [1.807, 2.05) is 38.1 Å². The molecule has 36 heavy (non-hydrogen) atoms. The van der Waals surface area contributed by atoms with Gasteiger partial charge in [-0.2, -0.15) is 4.98 Å². The number of imide groups is 1. The number of aromatic nitrogens is 2. The fourth-order valence-electron chi connectivity index (χ4n) is 3.89. The zero-order valence-electron chi connectivity index (χ0n) is 20.0. The molecule has 1 fully saturated rings. The molecule has 0 atom stereocenters. The van der Waals surface area contributed by atoms with Gasteiger partial charge in [-0.05, 0) is 29.7 Å². The molecule has 0 aliphatic carbocycles. The first-order valence-electron chi connectivity index (χ1n) is 11.5. The lowest BCUT2D eigenvalue weighted by molar-refractivity contribution is -0.138. The molecule has 3 aromatic rings. The van der Waals surface area contributed by atoms with Gasteiger partial charge in [-0.15, -0.1) is 0 Å². The Morgan fingerprint density at radius 2 is 1.75 bits per heavy atom. The topological polar surface area (TPSA) is 145 Å². The summed E-state index contributed by atoms with van der Waals surface area (Å²) in [6, 6.07) is 15.1. The number of hydrogen-bond acceptors (Lipinski definition) is 8. The average Bonchev–Trinajstić information content (AvgIpc) is 3.16. The molecular weight excluding hydrogens is 482 g/mol. The van der Waals surface area contributed by atoms with Crippen LogP contribution in [-0.4, -0.2) is 48.3 Å². The number of benzene rings is 2. The molecular formula is C25H27N5O5S. The van der Waals surface area contributed by atoms with Crippen LogP contribution in [0.5, 0.6) is 5.88 Å². The summed E-state index contributed by atoms with van der Waals surface area (Å²) in [4.78, 5) is 33.6. The highest BCUT2D eigenvalue weighted by Gasteiger charge is 2.28. The van der Waals surface area contributed by atoms with Crippen molar-refractivity contribution in [2.24, 2.45) is 0 Å². The lowest BCUT2D eigenvalue weighted by Gasteiger charge is -2.16. The summed E-state index contributed by atoms with van der Waals surface area (Å²) in [5.41, 5.74) is 8.32. The van der Waals surface area contributed by atoms with Crippen LogP contribution in [0.2, 0.25) is 0 Å². The summed E-state index contributed by atoms with van der Waals surface area (Å²) in [5, 5.41) is 0. The number of amides is 2. The lowest BCUT2D eigenvalue weighted by atomic mass is 9.95. The molecule has 3 N–H and O–H groups in total. The van der Waals surface area contributed by atoms with Crippen molar-refractivity contribution in [1.29, 1.82) is 0 Å². The van der Waals surface area contributed by atoms with E-state index in [2.05, 4.69) is 14.7 Å². The Kier molecular flexibility index (Phi) is 7.20. The highest BCUT2D eigenvalue weighted by Crippen LogP contribution is 2.30. The van der Waals surface area contributed by atoms with Crippen LogP contribution in [0.3, 0.4) is 0 Å². The fourth-order valence-corrected chi connectivity index (χ4v) is 4.89. The zero-order valence-corrected chi connectivity index (χ0v) is 20.8. The number of anilines is 2.